The van der Waals surface area contributed by atoms with E-state index < -0.39 is 0 Å². The van der Waals surface area contributed by atoms with Crippen molar-refractivity contribution in [2.75, 3.05) is 6.61 Å². The highest BCUT2D eigenvalue weighted by Crippen LogP contribution is 2.39. The predicted molar refractivity (Wildman–Crippen MR) is 75.7 cm³/mol. The predicted octanol–water partition coefficient (Wildman–Crippen LogP) is 3.91. The Morgan fingerprint density at radius 1 is 1.33 bits per heavy atom. The van der Waals surface area contributed by atoms with Crippen LogP contribution in [0.15, 0.2) is 24.3 Å². The largest absolute Gasteiger partial charge is 0.494 e. The summed E-state index contributed by atoms with van der Waals surface area (Å²) < 4.78 is 5.55. The van der Waals surface area contributed by atoms with Gasteiger partial charge >= 0.3 is 0 Å². The van der Waals surface area contributed by atoms with Crippen LogP contribution < -0.4 is 10.5 Å². The maximum atomic E-state index is 6.43. The van der Waals surface area contributed by atoms with E-state index in [1.165, 1.54) is 31.2 Å². The maximum absolute atomic E-state index is 6.43. The van der Waals surface area contributed by atoms with Gasteiger partial charge in [0, 0.05) is 6.04 Å². The second kappa shape index (κ2) is 6.24. The summed E-state index contributed by atoms with van der Waals surface area (Å²) >= 11 is 0. The molecule has 0 radical (unpaired) electrons. The second-order valence-electron chi connectivity index (χ2n) is 5.38. The van der Waals surface area contributed by atoms with E-state index in [4.69, 9.17) is 10.5 Å². The molecule has 3 unspecified atom stereocenters. The zero-order valence-corrected chi connectivity index (χ0v) is 11.6. The van der Waals surface area contributed by atoms with Crippen molar-refractivity contribution in [3.05, 3.63) is 29.8 Å². The quantitative estimate of drug-likeness (QED) is 0.856. The van der Waals surface area contributed by atoms with Crippen molar-refractivity contribution in [1.29, 1.82) is 0 Å². The summed E-state index contributed by atoms with van der Waals surface area (Å²) in [7, 11) is 0. The molecule has 1 aromatic carbocycles. The molecule has 18 heavy (non-hydrogen) atoms. The van der Waals surface area contributed by atoms with Gasteiger partial charge in [0.1, 0.15) is 5.75 Å². The molecule has 1 aliphatic carbocycles. The van der Waals surface area contributed by atoms with Crippen molar-refractivity contribution in [3.63, 3.8) is 0 Å². The normalized spacial score (nSPS) is 25.1. The van der Waals surface area contributed by atoms with Crippen molar-refractivity contribution < 1.29 is 4.74 Å². The minimum Gasteiger partial charge on any atom is -0.494 e. The van der Waals surface area contributed by atoms with Gasteiger partial charge in [0.15, 0.2) is 0 Å². The Labute approximate surface area is 111 Å². The number of nitrogens with two attached hydrogens (primary N) is 1. The SMILES string of the molecule is CCOc1cccc(C(N)C2CCC(CC)C2)c1. The fraction of sp³-hybridized carbons (Fsp3) is 0.625. The Kier molecular flexibility index (Phi) is 4.65. The molecule has 2 N–H and O–H groups in total. The third-order valence-electron chi connectivity index (χ3n) is 4.22. The lowest BCUT2D eigenvalue weighted by Crippen LogP contribution is -2.19. The van der Waals surface area contributed by atoms with E-state index in [2.05, 4.69) is 19.1 Å². The first-order valence-electron chi connectivity index (χ1n) is 7.22. The van der Waals surface area contributed by atoms with Gasteiger partial charge < -0.3 is 10.5 Å². The van der Waals surface area contributed by atoms with Gasteiger partial charge in [0.05, 0.1) is 6.61 Å². The van der Waals surface area contributed by atoms with Gasteiger partial charge in [-0.2, -0.15) is 0 Å². The number of rotatable bonds is 5. The number of hydrogen-bond acceptors (Lipinski definition) is 2. The van der Waals surface area contributed by atoms with E-state index >= 15 is 0 Å². The Morgan fingerprint density at radius 2 is 2.17 bits per heavy atom. The Hall–Kier alpha value is -1.02. The van der Waals surface area contributed by atoms with Gasteiger partial charge in [-0.05, 0) is 49.3 Å². The first-order chi connectivity index (χ1) is 8.74. The van der Waals surface area contributed by atoms with Crippen molar-refractivity contribution in [2.24, 2.45) is 17.6 Å². The monoisotopic (exact) mass is 247 g/mol. The Bertz CT molecular complexity index is 377. The van der Waals surface area contributed by atoms with Crippen molar-refractivity contribution in [2.45, 2.75) is 45.6 Å². The highest BCUT2D eigenvalue weighted by Gasteiger charge is 2.28. The lowest BCUT2D eigenvalue weighted by atomic mass is 9.91. The first-order valence-corrected chi connectivity index (χ1v) is 7.22. The van der Waals surface area contributed by atoms with E-state index in [9.17, 15) is 0 Å². The molecule has 0 aromatic heterocycles. The molecule has 0 saturated heterocycles. The zero-order chi connectivity index (χ0) is 13.0. The van der Waals surface area contributed by atoms with Crippen molar-refractivity contribution in [3.8, 4) is 5.75 Å². The third kappa shape index (κ3) is 3.05. The van der Waals surface area contributed by atoms with Gasteiger partial charge in [-0.1, -0.05) is 31.9 Å². The highest BCUT2D eigenvalue weighted by atomic mass is 16.5. The summed E-state index contributed by atoms with van der Waals surface area (Å²) in [6.07, 6.45) is 5.21. The molecule has 0 bridgehead atoms. The zero-order valence-electron chi connectivity index (χ0n) is 11.6. The van der Waals surface area contributed by atoms with Crippen LogP contribution in [0, 0.1) is 11.8 Å². The lowest BCUT2D eigenvalue weighted by Gasteiger charge is -2.20. The Morgan fingerprint density at radius 3 is 2.83 bits per heavy atom. The molecular formula is C16H25NO. The third-order valence-corrected chi connectivity index (χ3v) is 4.22. The molecule has 1 fully saturated rings. The van der Waals surface area contributed by atoms with Crippen LogP contribution in [-0.2, 0) is 0 Å². The summed E-state index contributed by atoms with van der Waals surface area (Å²) in [6.45, 7) is 5.00. The standard InChI is InChI=1S/C16H25NO/c1-3-12-8-9-14(10-12)16(17)13-6-5-7-15(11-13)18-4-2/h5-7,11-12,14,16H,3-4,8-10,17H2,1-2H3. The van der Waals surface area contributed by atoms with Crippen LogP contribution in [0.1, 0.15) is 51.1 Å². The second-order valence-corrected chi connectivity index (χ2v) is 5.38. The first kappa shape index (κ1) is 13.4. The minimum atomic E-state index is 0.168. The molecule has 100 valence electrons. The minimum absolute atomic E-state index is 0.168. The van der Waals surface area contributed by atoms with E-state index in [1.54, 1.807) is 0 Å². The van der Waals surface area contributed by atoms with Crippen LogP contribution in [0.3, 0.4) is 0 Å². The molecule has 0 heterocycles. The van der Waals surface area contributed by atoms with E-state index in [0.29, 0.717) is 12.5 Å². The molecule has 0 aliphatic heterocycles. The topological polar surface area (TPSA) is 35.2 Å². The van der Waals surface area contributed by atoms with Gasteiger partial charge in [0.2, 0.25) is 0 Å². The van der Waals surface area contributed by atoms with Crippen LogP contribution in [-0.4, -0.2) is 6.61 Å². The summed E-state index contributed by atoms with van der Waals surface area (Å²) in [4.78, 5) is 0. The summed E-state index contributed by atoms with van der Waals surface area (Å²) in [5, 5.41) is 0. The van der Waals surface area contributed by atoms with Gasteiger partial charge in [0.25, 0.3) is 0 Å². The lowest BCUT2D eigenvalue weighted by molar-refractivity contribution is 0.338. The maximum Gasteiger partial charge on any atom is 0.119 e. The highest BCUT2D eigenvalue weighted by molar-refractivity contribution is 5.30. The summed E-state index contributed by atoms with van der Waals surface area (Å²) in [5.41, 5.74) is 7.65. The average Bonchev–Trinajstić information content (AvgIpc) is 2.87. The Balaban J connectivity index is 2.04. The molecule has 2 heteroatoms. The molecule has 1 aliphatic rings. The molecular weight excluding hydrogens is 222 g/mol. The molecule has 1 saturated carbocycles. The van der Waals surface area contributed by atoms with E-state index in [0.717, 1.165) is 11.7 Å². The van der Waals surface area contributed by atoms with Crippen LogP contribution in [0.25, 0.3) is 0 Å². The van der Waals surface area contributed by atoms with Gasteiger partial charge in [-0.25, -0.2) is 0 Å². The number of benzene rings is 1. The fourth-order valence-corrected chi connectivity index (χ4v) is 3.06. The average molecular weight is 247 g/mol. The summed E-state index contributed by atoms with van der Waals surface area (Å²) in [6, 6.07) is 8.46. The molecule has 0 spiro atoms. The van der Waals surface area contributed by atoms with Crippen molar-refractivity contribution in [1.82, 2.24) is 0 Å². The van der Waals surface area contributed by atoms with Crippen LogP contribution in [0.5, 0.6) is 5.75 Å². The molecule has 1 aromatic rings. The smallest absolute Gasteiger partial charge is 0.119 e. The van der Waals surface area contributed by atoms with E-state index in [1.807, 2.05) is 19.1 Å². The molecule has 2 rings (SSSR count). The number of hydrogen-bond donors (Lipinski definition) is 1. The van der Waals surface area contributed by atoms with Crippen molar-refractivity contribution >= 4 is 0 Å². The van der Waals surface area contributed by atoms with Crippen LogP contribution in [0.4, 0.5) is 0 Å². The molecule has 3 atom stereocenters. The van der Waals surface area contributed by atoms with Crippen LogP contribution in [0.2, 0.25) is 0 Å². The number of ether oxygens (including phenoxy) is 1. The molecule has 0 amide bonds. The summed E-state index contributed by atoms with van der Waals surface area (Å²) in [5.74, 6) is 2.47. The van der Waals surface area contributed by atoms with Crippen LogP contribution >= 0.6 is 0 Å². The van der Waals surface area contributed by atoms with Gasteiger partial charge in [-0.15, -0.1) is 0 Å². The molecule has 2 nitrogen and oxygen atoms in total. The fourth-order valence-electron chi connectivity index (χ4n) is 3.06. The van der Waals surface area contributed by atoms with Gasteiger partial charge in [-0.3, -0.25) is 0 Å². The van der Waals surface area contributed by atoms with E-state index in [-0.39, 0.29) is 6.04 Å².